The second-order valence-corrected chi connectivity index (χ2v) is 6.72. The number of benzene rings is 1. The molecule has 3 N–H and O–H groups in total. The van der Waals surface area contributed by atoms with Crippen LogP contribution >= 0.6 is 0 Å². The van der Waals surface area contributed by atoms with Crippen molar-refractivity contribution in [3.05, 3.63) is 47.3 Å². The van der Waals surface area contributed by atoms with E-state index in [0.717, 1.165) is 11.1 Å². The number of hydrogen-bond acceptors (Lipinski definition) is 4. The largest absolute Gasteiger partial charge is 0.398 e. The van der Waals surface area contributed by atoms with E-state index in [9.17, 15) is 9.59 Å². The Morgan fingerprint density at radius 1 is 1.25 bits per heavy atom. The molecule has 1 heterocycles. The molecular weight excluding hydrogens is 302 g/mol. The molecular formula is C19H25N3O2. The highest BCUT2D eigenvalue weighted by Gasteiger charge is 2.47. The molecule has 128 valence electrons. The van der Waals surface area contributed by atoms with E-state index in [2.05, 4.69) is 5.32 Å². The number of hydrogen-bond donors (Lipinski definition) is 2. The van der Waals surface area contributed by atoms with Crippen LogP contribution in [0.25, 0.3) is 5.57 Å². The van der Waals surface area contributed by atoms with Crippen LogP contribution in [0, 0.1) is 0 Å². The molecule has 0 aliphatic carbocycles. The lowest BCUT2D eigenvalue weighted by molar-refractivity contribution is -0.129. The van der Waals surface area contributed by atoms with Gasteiger partial charge in [0.1, 0.15) is 5.41 Å². The number of nitrogens with one attached hydrogen (secondary N) is 1. The molecule has 1 aliphatic rings. The fourth-order valence-electron chi connectivity index (χ4n) is 2.96. The first kappa shape index (κ1) is 17.8. The Morgan fingerprint density at radius 3 is 2.46 bits per heavy atom. The molecule has 1 unspecified atom stereocenters. The quantitative estimate of drug-likeness (QED) is 0.658. The number of nitrogens with zero attached hydrogens (tertiary/aromatic N) is 1. The summed E-state index contributed by atoms with van der Waals surface area (Å²) in [5.41, 5.74) is 9.24. The Hall–Kier alpha value is -2.56. The van der Waals surface area contributed by atoms with Gasteiger partial charge in [-0.05, 0) is 51.0 Å². The molecule has 5 nitrogen and oxygen atoms in total. The zero-order valence-corrected chi connectivity index (χ0v) is 14.9. The van der Waals surface area contributed by atoms with Gasteiger partial charge in [-0.25, -0.2) is 0 Å². The van der Waals surface area contributed by atoms with Crippen LogP contribution in [0.15, 0.2) is 36.2 Å². The molecule has 0 aromatic heterocycles. The van der Waals surface area contributed by atoms with Gasteiger partial charge in [-0.3, -0.25) is 9.59 Å². The van der Waals surface area contributed by atoms with Gasteiger partial charge in [-0.15, -0.1) is 0 Å². The molecule has 1 fully saturated rings. The van der Waals surface area contributed by atoms with Crippen LogP contribution in [-0.2, 0) is 15.0 Å². The second kappa shape index (κ2) is 6.51. The van der Waals surface area contributed by atoms with E-state index in [-0.39, 0.29) is 18.2 Å². The van der Waals surface area contributed by atoms with Gasteiger partial charge in [0.25, 0.3) is 0 Å². The Balaban J connectivity index is 2.46. The number of carbonyl (C=O) groups excluding carboxylic acids is 2. The van der Waals surface area contributed by atoms with Crippen molar-refractivity contribution in [2.24, 2.45) is 0 Å². The maximum absolute atomic E-state index is 12.2. The van der Waals surface area contributed by atoms with Gasteiger partial charge in [0, 0.05) is 30.7 Å². The van der Waals surface area contributed by atoms with Crippen LogP contribution in [0.3, 0.4) is 0 Å². The summed E-state index contributed by atoms with van der Waals surface area (Å²) in [4.78, 5) is 26.4. The molecule has 5 heteroatoms. The van der Waals surface area contributed by atoms with E-state index < -0.39 is 5.41 Å². The summed E-state index contributed by atoms with van der Waals surface area (Å²) in [5.74, 6) is -0.377. The average Bonchev–Trinajstić information content (AvgIpc) is 2.75. The Labute approximate surface area is 143 Å². The molecule has 2 rings (SSSR count). The summed E-state index contributed by atoms with van der Waals surface area (Å²) < 4.78 is 0. The number of rotatable bonds is 4. The van der Waals surface area contributed by atoms with Gasteiger partial charge in [0.2, 0.25) is 5.91 Å². The summed E-state index contributed by atoms with van der Waals surface area (Å²) in [6.07, 6.45) is 3.99. The lowest BCUT2D eigenvalue weighted by atomic mass is 9.79. The van der Waals surface area contributed by atoms with Gasteiger partial charge in [-0.1, -0.05) is 11.6 Å². The highest BCUT2D eigenvalue weighted by atomic mass is 16.2. The minimum absolute atomic E-state index is 0.0766. The van der Waals surface area contributed by atoms with Gasteiger partial charge in [0.15, 0.2) is 5.78 Å². The molecule has 1 saturated heterocycles. The molecule has 1 aromatic rings. The summed E-state index contributed by atoms with van der Waals surface area (Å²) in [6.45, 7) is 7.76. The zero-order valence-electron chi connectivity index (χ0n) is 14.9. The van der Waals surface area contributed by atoms with Crippen molar-refractivity contribution >= 4 is 23.0 Å². The summed E-state index contributed by atoms with van der Waals surface area (Å²) >= 11 is 0. The third kappa shape index (κ3) is 3.20. The van der Waals surface area contributed by atoms with Crippen molar-refractivity contribution in [1.82, 2.24) is 10.2 Å². The number of allylic oxidation sites excluding steroid dienone is 2. The molecule has 0 bridgehead atoms. The van der Waals surface area contributed by atoms with Crippen molar-refractivity contribution in [1.29, 1.82) is 0 Å². The first-order valence-electron chi connectivity index (χ1n) is 7.93. The van der Waals surface area contributed by atoms with Crippen LogP contribution in [0.1, 0.15) is 38.8 Å². The monoisotopic (exact) mass is 327 g/mol. The molecule has 24 heavy (non-hydrogen) atoms. The smallest absolute Gasteiger partial charge is 0.238 e. The minimum Gasteiger partial charge on any atom is -0.398 e. The van der Waals surface area contributed by atoms with Gasteiger partial charge in [0.05, 0.1) is 6.54 Å². The Morgan fingerprint density at radius 2 is 1.92 bits per heavy atom. The standard InChI is InChI=1S/C19H25N3O2/c1-12(2)10-22(5)11-13(3)15-8-14(6-7-16(15)20)19(4)17(23)9-21-18(19)24/h6-8,10-11H,9,20H2,1-5H3,(H,21,24)/b13-11+. The molecule has 1 aliphatic heterocycles. The second-order valence-electron chi connectivity index (χ2n) is 6.72. The Bertz CT molecular complexity index is 727. The molecule has 0 saturated carbocycles. The fourth-order valence-corrected chi connectivity index (χ4v) is 2.96. The first-order chi connectivity index (χ1) is 11.2. The lowest BCUT2D eigenvalue weighted by Gasteiger charge is -2.21. The summed E-state index contributed by atoms with van der Waals surface area (Å²) in [5, 5.41) is 2.63. The number of amides is 1. The maximum Gasteiger partial charge on any atom is 0.238 e. The third-order valence-electron chi connectivity index (χ3n) is 4.34. The highest BCUT2D eigenvalue weighted by Crippen LogP contribution is 2.33. The van der Waals surface area contributed by atoms with Crippen molar-refractivity contribution in [2.45, 2.75) is 33.1 Å². The Kier molecular flexibility index (Phi) is 4.83. The van der Waals surface area contributed by atoms with Crippen LogP contribution in [-0.4, -0.2) is 30.2 Å². The number of anilines is 1. The van der Waals surface area contributed by atoms with E-state index in [1.54, 1.807) is 19.1 Å². The van der Waals surface area contributed by atoms with Crippen LogP contribution in [0.4, 0.5) is 5.69 Å². The number of nitrogens with two attached hydrogens (primary N) is 1. The summed E-state index contributed by atoms with van der Waals surface area (Å²) in [7, 11) is 1.95. The molecule has 1 atom stereocenters. The predicted octanol–water partition coefficient (Wildman–Crippen LogP) is 2.44. The van der Waals surface area contributed by atoms with Crippen molar-refractivity contribution < 1.29 is 9.59 Å². The molecule has 1 amide bonds. The summed E-state index contributed by atoms with van der Waals surface area (Å²) in [6, 6.07) is 5.36. The third-order valence-corrected chi connectivity index (χ3v) is 4.34. The van der Waals surface area contributed by atoms with E-state index in [1.165, 1.54) is 5.57 Å². The lowest BCUT2D eigenvalue weighted by Crippen LogP contribution is -2.37. The van der Waals surface area contributed by atoms with Gasteiger partial charge in [-0.2, -0.15) is 0 Å². The highest BCUT2D eigenvalue weighted by molar-refractivity contribution is 6.17. The van der Waals surface area contributed by atoms with Crippen LogP contribution in [0.5, 0.6) is 0 Å². The van der Waals surface area contributed by atoms with Crippen LogP contribution < -0.4 is 11.1 Å². The number of Topliss-reactive ketones (excluding diaryl/α,β-unsaturated/α-hetero) is 1. The average molecular weight is 327 g/mol. The maximum atomic E-state index is 12.2. The van der Waals surface area contributed by atoms with Crippen LogP contribution in [0.2, 0.25) is 0 Å². The van der Waals surface area contributed by atoms with Crippen molar-refractivity contribution in [3.8, 4) is 0 Å². The van der Waals surface area contributed by atoms with E-state index in [0.29, 0.717) is 11.3 Å². The SMILES string of the molecule is CC(C)=CN(C)/C=C(\C)c1cc(C2(C)C(=O)CNC2=O)ccc1N. The fraction of sp³-hybridized carbons (Fsp3) is 0.368. The predicted molar refractivity (Wildman–Crippen MR) is 97.1 cm³/mol. The number of ketones is 1. The van der Waals surface area contributed by atoms with E-state index in [1.807, 2.05) is 51.2 Å². The van der Waals surface area contributed by atoms with Crippen molar-refractivity contribution in [3.63, 3.8) is 0 Å². The molecule has 0 spiro atoms. The minimum atomic E-state index is -1.14. The first-order valence-corrected chi connectivity index (χ1v) is 7.93. The topological polar surface area (TPSA) is 75.4 Å². The molecule has 0 radical (unpaired) electrons. The van der Waals surface area contributed by atoms with Gasteiger partial charge >= 0.3 is 0 Å². The van der Waals surface area contributed by atoms with E-state index >= 15 is 0 Å². The molecule has 1 aromatic carbocycles. The van der Waals surface area contributed by atoms with Crippen molar-refractivity contribution in [2.75, 3.05) is 19.3 Å². The van der Waals surface area contributed by atoms with Gasteiger partial charge < -0.3 is 16.0 Å². The normalized spacial score (nSPS) is 20.8. The number of carbonyl (C=O) groups is 2. The van der Waals surface area contributed by atoms with E-state index in [4.69, 9.17) is 5.73 Å². The number of nitrogen functional groups attached to an aromatic ring is 1. The zero-order chi connectivity index (χ0) is 18.1.